The van der Waals surface area contributed by atoms with Crippen molar-refractivity contribution in [1.82, 2.24) is 5.32 Å². The number of rotatable bonds is 5. The molecule has 1 fully saturated rings. The third-order valence-electron chi connectivity index (χ3n) is 3.85. The van der Waals surface area contributed by atoms with Crippen LogP contribution < -0.4 is 5.32 Å². The van der Waals surface area contributed by atoms with Gasteiger partial charge in [-0.1, -0.05) is 30.3 Å². The summed E-state index contributed by atoms with van der Waals surface area (Å²) >= 11 is 1.56. The first kappa shape index (κ1) is 16.4. The van der Waals surface area contributed by atoms with Crippen molar-refractivity contribution in [3.8, 4) is 16.5 Å². The molecule has 0 spiro atoms. The molecule has 2 aromatic rings. The van der Waals surface area contributed by atoms with Gasteiger partial charge in [-0.15, -0.1) is 11.3 Å². The highest BCUT2D eigenvalue weighted by Crippen LogP contribution is 2.29. The molecule has 0 radical (unpaired) electrons. The van der Waals surface area contributed by atoms with Crippen LogP contribution in [-0.2, 0) is 9.53 Å². The van der Waals surface area contributed by atoms with Gasteiger partial charge in [0.05, 0.1) is 6.10 Å². The minimum Gasteiger partial charge on any atom is -0.376 e. The summed E-state index contributed by atoms with van der Waals surface area (Å²) in [6, 6.07) is 16.0. The first-order chi connectivity index (χ1) is 11.8. The minimum atomic E-state index is -0.345. The standard InChI is InChI=1S/C19H18N2O2S/c20-12-15(19(22)21-13-16-7-4-10-23-16)11-17-8-9-18(24-17)14-5-2-1-3-6-14/h1-3,5-6,8-9,11,16H,4,7,10,13H2,(H,21,22)/b15-11+/t16-/m1/s1. The predicted octanol–water partition coefficient (Wildman–Crippen LogP) is 3.62. The molecule has 0 aliphatic carbocycles. The van der Waals surface area contributed by atoms with Gasteiger partial charge in [0, 0.05) is 22.9 Å². The summed E-state index contributed by atoms with van der Waals surface area (Å²) in [5.41, 5.74) is 1.25. The third kappa shape index (κ3) is 4.10. The van der Waals surface area contributed by atoms with E-state index in [9.17, 15) is 10.1 Å². The molecule has 1 atom stereocenters. The first-order valence-corrected chi connectivity index (χ1v) is 8.75. The van der Waals surface area contributed by atoms with Crippen LogP contribution in [0.2, 0.25) is 0 Å². The van der Waals surface area contributed by atoms with Crippen molar-refractivity contribution in [3.63, 3.8) is 0 Å². The zero-order valence-electron chi connectivity index (χ0n) is 13.2. The average molecular weight is 338 g/mol. The number of thiophene rings is 1. The average Bonchev–Trinajstić information content (AvgIpc) is 3.30. The van der Waals surface area contributed by atoms with E-state index in [1.165, 1.54) is 0 Å². The van der Waals surface area contributed by atoms with Gasteiger partial charge in [-0.2, -0.15) is 5.26 Å². The lowest BCUT2D eigenvalue weighted by Crippen LogP contribution is -2.32. The predicted molar refractivity (Wildman–Crippen MR) is 95.3 cm³/mol. The molecule has 1 aliphatic rings. The zero-order valence-corrected chi connectivity index (χ0v) is 14.0. The molecular formula is C19H18N2O2S. The summed E-state index contributed by atoms with van der Waals surface area (Å²) < 4.78 is 5.47. The molecule has 3 rings (SSSR count). The Morgan fingerprint density at radius 2 is 2.17 bits per heavy atom. The van der Waals surface area contributed by atoms with E-state index >= 15 is 0 Å². The first-order valence-electron chi connectivity index (χ1n) is 7.93. The Balaban J connectivity index is 1.67. The van der Waals surface area contributed by atoms with E-state index in [2.05, 4.69) is 5.32 Å². The van der Waals surface area contributed by atoms with Crippen LogP contribution >= 0.6 is 11.3 Å². The highest BCUT2D eigenvalue weighted by molar-refractivity contribution is 7.16. The number of carbonyl (C=O) groups is 1. The molecule has 1 amide bonds. The Labute approximate surface area is 145 Å². The molecule has 0 bridgehead atoms. The van der Waals surface area contributed by atoms with Crippen LogP contribution in [0.1, 0.15) is 17.7 Å². The lowest BCUT2D eigenvalue weighted by molar-refractivity contribution is -0.117. The highest BCUT2D eigenvalue weighted by Gasteiger charge is 2.17. The summed E-state index contributed by atoms with van der Waals surface area (Å²) in [6.45, 7) is 1.20. The third-order valence-corrected chi connectivity index (χ3v) is 4.93. The lowest BCUT2D eigenvalue weighted by Gasteiger charge is -2.09. The van der Waals surface area contributed by atoms with Crippen molar-refractivity contribution in [3.05, 3.63) is 52.9 Å². The molecule has 4 nitrogen and oxygen atoms in total. The summed E-state index contributed by atoms with van der Waals surface area (Å²) in [6.07, 6.45) is 3.69. The number of benzene rings is 1. The Morgan fingerprint density at radius 3 is 2.88 bits per heavy atom. The summed E-state index contributed by atoms with van der Waals surface area (Å²) in [7, 11) is 0. The fourth-order valence-electron chi connectivity index (χ4n) is 2.59. The molecule has 1 saturated heterocycles. The number of nitrogens with one attached hydrogen (secondary N) is 1. The van der Waals surface area contributed by atoms with Crippen LogP contribution in [-0.4, -0.2) is 25.2 Å². The molecule has 0 unspecified atom stereocenters. The highest BCUT2D eigenvalue weighted by atomic mass is 32.1. The van der Waals surface area contributed by atoms with Gasteiger partial charge in [0.25, 0.3) is 5.91 Å². The van der Waals surface area contributed by atoms with Crippen molar-refractivity contribution in [1.29, 1.82) is 5.26 Å². The summed E-state index contributed by atoms with van der Waals surface area (Å²) in [5, 5.41) is 12.1. The van der Waals surface area contributed by atoms with E-state index in [4.69, 9.17) is 4.74 Å². The van der Waals surface area contributed by atoms with E-state index in [1.807, 2.05) is 48.5 Å². The van der Waals surface area contributed by atoms with Crippen LogP contribution in [0.15, 0.2) is 48.0 Å². The molecule has 1 aromatic carbocycles. The number of amides is 1. The number of hydrogen-bond donors (Lipinski definition) is 1. The van der Waals surface area contributed by atoms with Gasteiger partial charge in [0.15, 0.2) is 0 Å². The Morgan fingerprint density at radius 1 is 1.33 bits per heavy atom. The van der Waals surface area contributed by atoms with Crippen LogP contribution in [0.3, 0.4) is 0 Å². The fourth-order valence-corrected chi connectivity index (χ4v) is 3.54. The van der Waals surface area contributed by atoms with Gasteiger partial charge < -0.3 is 10.1 Å². The Kier molecular flexibility index (Phi) is 5.42. The quantitative estimate of drug-likeness (QED) is 0.669. The minimum absolute atomic E-state index is 0.0697. The van der Waals surface area contributed by atoms with Crippen molar-refractivity contribution in [2.45, 2.75) is 18.9 Å². The van der Waals surface area contributed by atoms with Gasteiger partial charge >= 0.3 is 0 Å². The molecule has 1 N–H and O–H groups in total. The SMILES string of the molecule is N#C/C(=C\c1ccc(-c2ccccc2)s1)C(=O)NC[C@H]1CCCO1. The fraction of sp³-hybridized carbons (Fsp3) is 0.263. The number of hydrogen-bond acceptors (Lipinski definition) is 4. The molecule has 1 aliphatic heterocycles. The number of ether oxygens (including phenoxy) is 1. The van der Waals surface area contributed by atoms with Gasteiger partial charge in [-0.25, -0.2) is 0 Å². The van der Waals surface area contributed by atoms with Crippen LogP contribution in [0.4, 0.5) is 0 Å². The molecule has 5 heteroatoms. The second-order valence-corrected chi connectivity index (χ2v) is 6.70. The number of nitriles is 1. The normalized spacial score (nSPS) is 17.5. The largest absolute Gasteiger partial charge is 0.376 e. The monoisotopic (exact) mass is 338 g/mol. The van der Waals surface area contributed by atoms with E-state index < -0.39 is 0 Å². The number of carbonyl (C=O) groups excluding carboxylic acids is 1. The molecule has 122 valence electrons. The van der Waals surface area contributed by atoms with Crippen molar-refractivity contribution in [2.24, 2.45) is 0 Å². The van der Waals surface area contributed by atoms with Crippen molar-refractivity contribution >= 4 is 23.3 Å². The topological polar surface area (TPSA) is 62.1 Å². The Bertz CT molecular complexity index is 768. The van der Waals surface area contributed by atoms with E-state index in [-0.39, 0.29) is 17.6 Å². The maximum Gasteiger partial charge on any atom is 0.262 e. The van der Waals surface area contributed by atoms with Crippen LogP contribution in [0, 0.1) is 11.3 Å². The van der Waals surface area contributed by atoms with Gasteiger partial charge in [-0.05, 0) is 36.6 Å². The molecule has 1 aromatic heterocycles. The van der Waals surface area contributed by atoms with Crippen LogP contribution in [0.5, 0.6) is 0 Å². The lowest BCUT2D eigenvalue weighted by atomic mass is 10.2. The van der Waals surface area contributed by atoms with Gasteiger partial charge in [0.2, 0.25) is 0 Å². The van der Waals surface area contributed by atoms with Gasteiger partial charge in [-0.3, -0.25) is 4.79 Å². The second-order valence-electron chi connectivity index (χ2n) is 5.58. The maximum atomic E-state index is 12.2. The van der Waals surface area contributed by atoms with E-state index in [0.717, 1.165) is 34.8 Å². The molecule has 0 saturated carbocycles. The van der Waals surface area contributed by atoms with Gasteiger partial charge in [0.1, 0.15) is 11.6 Å². The smallest absolute Gasteiger partial charge is 0.262 e. The summed E-state index contributed by atoms with van der Waals surface area (Å²) in [5.74, 6) is -0.345. The molecular weight excluding hydrogens is 320 g/mol. The zero-order chi connectivity index (χ0) is 16.8. The van der Waals surface area contributed by atoms with Crippen LogP contribution in [0.25, 0.3) is 16.5 Å². The molecule has 24 heavy (non-hydrogen) atoms. The number of nitrogens with zero attached hydrogens (tertiary/aromatic N) is 1. The Hall–Kier alpha value is -2.42. The molecule has 2 heterocycles. The van der Waals surface area contributed by atoms with Crippen molar-refractivity contribution < 1.29 is 9.53 Å². The maximum absolute atomic E-state index is 12.2. The van der Waals surface area contributed by atoms with E-state index in [1.54, 1.807) is 17.4 Å². The summed E-state index contributed by atoms with van der Waals surface area (Å²) in [4.78, 5) is 14.2. The van der Waals surface area contributed by atoms with E-state index in [0.29, 0.717) is 6.54 Å². The second kappa shape index (κ2) is 7.91. The van der Waals surface area contributed by atoms with Crippen molar-refractivity contribution in [2.75, 3.05) is 13.2 Å².